The molecule has 3 aromatic heterocycles. The van der Waals surface area contributed by atoms with Gasteiger partial charge in [-0.15, -0.1) is 0 Å². The van der Waals surface area contributed by atoms with E-state index in [9.17, 15) is 0 Å². The van der Waals surface area contributed by atoms with Crippen LogP contribution in [0.4, 0.5) is 0 Å². The molecule has 7 nitrogen and oxygen atoms in total. The zero-order valence-electron chi connectivity index (χ0n) is 13.1. The minimum atomic E-state index is 0.0232. The summed E-state index contributed by atoms with van der Waals surface area (Å²) >= 11 is 0. The Morgan fingerprint density at radius 3 is 2.88 bits per heavy atom. The van der Waals surface area contributed by atoms with E-state index in [1.807, 2.05) is 30.5 Å². The van der Waals surface area contributed by atoms with Gasteiger partial charge < -0.3 is 9.26 Å². The molecule has 3 aromatic rings. The summed E-state index contributed by atoms with van der Waals surface area (Å²) in [5, 5.41) is 4.05. The van der Waals surface area contributed by atoms with Crippen LogP contribution in [0.3, 0.4) is 0 Å². The molecular weight excluding hydrogens is 306 g/mol. The highest BCUT2D eigenvalue weighted by Gasteiger charge is 2.23. The second-order valence-electron chi connectivity index (χ2n) is 5.63. The molecule has 0 radical (unpaired) electrons. The van der Waals surface area contributed by atoms with Gasteiger partial charge in [0.2, 0.25) is 11.7 Å². The molecule has 1 aliphatic rings. The van der Waals surface area contributed by atoms with Crippen LogP contribution in [-0.4, -0.2) is 44.7 Å². The molecule has 24 heavy (non-hydrogen) atoms. The van der Waals surface area contributed by atoms with Crippen LogP contribution in [-0.2, 0) is 11.3 Å². The largest absolute Gasteiger partial charge is 0.371 e. The topological polar surface area (TPSA) is 77.2 Å². The fourth-order valence-corrected chi connectivity index (χ4v) is 2.74. The Balaban J connectivity index is 1.43. The lowest BCUT2D eigenvalue weighted by molar-refractivity contribution is -0.0357. The fraction of sp³-hybridized carbons (Fsp3) is 0.294. The van der Waals surface area contributed by atoms with Crippen LogP contribution < -0.4 is 0 Å². The van der Waals surface area contributed by atoms with Crippen molar-refractivity contribution < 1.29 is 9.26 Å². The van der Waals surface area contributed by atoms with Crippen LogP contribution in [0.25, 0.3) is 11.4 Å². The molecule has 1 fully saturated rings. The Labute approximate surface area is 139 Å². The van der Waals surface area contributed by atoms with Crippen molar-refractivity contribution in [3.05, 3.63) is 60.5 Å². The van der Waals surface area contributed by atoms with Crippen molar-refractivity contribution in [1.29, 1.82) is 0 Å². The SMILES string of the molecule is c1cncc(C2CN(Cc3nc(-c4ccncc4)no3)CCO2)c1. The maximum Gasteiger partial charge on any atom is 0.241 e. The number of nitrogens with zero attached hydrogens (tertiary/aromatic N) is 5. The van der Waals surface area contributed by atoms with E-state index in [1.54, 1.807) is 18.6 Å². The predicted molar refractivity (Wildman–Crippen MR) is 85.7 cm³/mol. The molecule has 1 saturated heterocycles. The molecule has 1 atom stereocenters. The molecule has 4 heterocycles. The molecule has 0 aromatic carbocycles. The summed E-state index contributed by atoms with van der Waals surface area (Å²) in [5.74, 6) is 1.19. The highest BCUT2D eigenvalue weighted by molar-refractivity contribution is 5.52. The highest BCUT2D eigenvalue weighted by atomic mass is 16.5. The zero-order chi connectivity index (χ0) is 16.2. The Morgan fingerprint density at radius 1 is 1.12 bits per heavy atom. The van der Waals surface area contributed by atoms with E-state index in [4.69, 9.17) is 9.26 Å². The quantitative estimate of drug-likeness (QED) is 0.727. The maximum atomic E-state index is 5.85. The molecule has 0 spiro atoms. The van der Waals surface area contributed by atoms with Gasteiger partial charge in [-0.1, -0.05) is 11.2 Å². The number of rotatable bonds is 4. The molecule has 0 N–H and O–H groups in total. The van der Waals surface area contributed by atoms with Gasteiger partial charge in [0.25, 0.3) is 0 Å². The van der Waals surface area contributed by atoms with E-state index >= 15 is 0 Å². The Morgan fingerprint density at radius 2 is 2.04 bits per heavy atom. The summed E-state index contributed by atoms with van der Waals surface area (Å²) in [4.78, 5) is 14.9. The second-order valence-corrected chi connectivity index (χ2v) is 5.63. The van der Waals surface area contributed by atoms with E-state index in [-0.39, 0.29) is 6.10 Å². The number of aromatic nitrogens is 4. The third-order valence-electron chi connectivity index (χ3n) is 3.97. The summed E-state index contributed by atoms with van der Waals surface area (Å²) in [6.45, 7) is 2.89. The van der Waals surface area contributed by atoms with Crippen LogP contribution >= 0.6 is 0 Å². The van der Waals surface area contributed by atoms with E-state index in [0.717, 1.165) is 24.2 Å². The molecule has 4 rings (SSSR count). The van der Waals surface area contributed by atoms with Crippen LogP contribution in [0.5, 0.6) is 0 Å². The van der Waals surface area contributed by atoms with E-state index in [0.29, 0.717) is 24.9 Å². The van der Waals surface area contributed by atoms with Gasteiger partial charge in [-0.25, -0.2) is 0 Å². The number of pyridine rings is 2. The average molecular weight is 323 g/mol. The van der Waals surface area contributed by atoms with Crippen molar-refractivity contribution in [3.8, 4) is 11.4 Å². The number of hydrogen-bond donors (Lipinski definition) is 0. The van der Waals surface area contributed by atoms with Gasteiger partial charge in [-0.05, 0) is 18.2 Å². The Hall–Kier alpha value is -2.64. The first-order valence-corrected chi connectivity index (χ1v) is 7.85. The number of morpholine rings is 1. The predicted octanol–water partition coefficient (Wildman–Crippen LogP) is 2.10. The van der Waals surface area contributed by atoms with Gasteiger partial charge in [0.15, 0.2) is 0 Å². The van der Waals surface area contributed by atoms with Crippen LogP contribution in [0.15, 0.2) is 53.6 Å². The summed E-state index contributed by atoms with van der Waals surface area (Å²) in [6.07, 6.45) is 7.07. The van der Waals surface area contributed by atoms with Gasteiger partial charge in [-0.2, -0.15) is 4.98 Å². The normalized spacial score (nSPS) is 18.6. The maximum absolute atomic E-state index is 5.85. The van der Waals surface area contributed by atoms with Crippen LogP contribution in [0.1, 0.15) is 17.6 Å². The Bertz CT molecular complexity index is 778. The summed E-state index contributed by atoms with van der Waals surface area (Å²) in [7, 11) is 0. The van der Waals surface area contributed by atoms with Gasteiger partial charge in [-0.3, -0.25) is 14.9 Å². The molecule has 0 bridgehead atoms. The highest BCUT2D eigenvalue weighted by Crippen LogP contribution is 2.22. The zero-order valence-corrected chi connectivity index (χ0v) is 13.1. The van der Waals surface area contributed by atoms with Crippen LogP contribution in [0, 0.1) is 0 Å². The van der Waals surface area contributed by atoms with Crippen molar-refractivity contribution in [3.63, 3.8) is 0 Å². The van der Waals surface area contributed by atoms with Crippen molar-refractivity contribution in [2.75, 3.05) is 19.7 Å². The molecule has 7 heteroatoms. The standard InChI is InChI=1S/C17H17N5O2/c1-2-14(10-19-5-1)15-11-22(8-9-23-15)12-16-20-17(21-24-16)13-3-6-18-7-4-13/h1-7,10,15H,8-9,11-12H2. The molecule has 122 valence electrons. The number of ether oxygens (including phenoxy) is 1. The lowest BCUT2D eigenvalue weighted by Gasteiger charge is -2.31. The lowest BCUT2D eigenvalue weighted by Crippen LogP contribution is -2.37. The molecular formula is C17H17N5O2. The van der Waals surface area contributed by atoms with Crippen LogP contribution in [0.2, 0.25) is 0 Å². The fourth-order valence-electron chi connectivity index (χ4n) is 2.74. The first-order chi connectivity index (χ1) is 11.9. The van der Waals surface area contributed by atoms with Gasteiger partial charge in [0, 0.05) is 49.0 Å². The average Bonchev–Trinajstić information content (AvgIpc) is 3.12. The lowest BCUT2D eigenvalue weighted by atomic mass is 10.1. The van der Waals surface area contributed by atoms with Gasteiger partial charge in [0.1, 0.15) is 0 Å². The first-order valence-electron chi connectivity index (χ1n) is 7.85. The summed E-state index contributed by atoms with van der Waals surface area (Å²) in [5.41, 5.74) is 1.99. The Kier molecular flexibility index (Phi) is 4.26. The molecule has 0 aliphatic carbocycles. The van der Waals surface area contributed by atoms with E-state index in [1.165, 1.54) is 0 Å². The minimum Gasteiger partial charge on any atom is -0.371 e. The van der Waals surface area contributed by atoms with Gasteiger partial charge in [0.05, 0.1) is 19.3 Å². The third kappa shape index (κ3) is 3.32. The van der Waals surface area contributed by atoms with E-state index in [2.05, 4.69) is 25.0 Å². The number of hydrogen-bond acceptors (Lipinski definition) is 7. The first kappa shape index (κ1) is 14.9. The molecule has 1 aliphatic heterocycles. The molecule has 0 amide bonds. The monoisotopic (exact) mass is 323 g/mol. The van der Waals surface area contributed by atoms with Crippen molar-refractivity contribution in [1.82, 2.24) is 25.0 Å². The van der Waals surface area contributed by atoms with Gasteiger partial charge >= 0.3 is 0 Å². The van der Waals surface area contributed by atoms with Crippen molar-refractivity contribution in [2.45, 2.75) is 12.6 Å². The third-order valence-corrected chi connectivity index (χ3v) is 3.97. The smallest absolute Gasteiger partial charge is 0.241 e. The summed E-state index contributed by atoms with van der Waals surface area (Å²) in [6, 6.07) is 7.69. The van der Waals surface area contributed by atoms with E-state index < -0.39 is 0 Å². The minimum absolute atomic E-state index is 0.0232. The molecule has 1 unspecified atom stereocenters. The van der Waals surface area contributed by atoms with Crippen molar-refractivity contribution in [2.24, 2.45) is 0 Å². The second kappa shape index (κ2) is 6.86. The summed E-state index contributed by atoms with van der Waals surface area (Å²) < 4.78 is 11.2. The van der Waals surface area contributed by atoms with Crippen molar-refractivity contribution >= 4 is 0 Å². The molecule has 0 saturated carbocycles.